The molecular weight excluding hydrogens is 230 g/mol. The van der Waals surface area contributed by atoms with E-state index in [2.05, 4.69) is 0 Å². The lowest BCUT2D eigenvalue weighted by molar-refractivity contribution is 0.0526. The summed E-state index contributed by atoms with van der Waals surface area (Å²) in [6.45, 7) is 2.14. The number of carbonyl (C=O) groups excluding carboxylic acids is 1. The Morgan fingerprint density at radius 1 is 1.22 bits per heavy atom. The SMILES string of the molecule is CCOC(=O)c1ccn(OC)c1-c1ccccc1. The summed E-state index contributed by atoms with van der Waals surface area (Å²) in [6.07, 6.45) is 1.70. The molecule has 0 aliphatic rings. The second-order valence-corrected chi connectivity index (χ2v) is 3.67. The summed E-state index contributed by atoms with van der Waals surface area (Å²) >= 11 is 0. The molecule has 0 aliphatic carbocycles. The molecule has 2 aromatic rings. The first-order valence-electron chi connectivity index (χ1n) is 5.76. The molecule has 0 fully saturated rings. The number of aromatic nitrogens is 1. The fraction of sp³-hybridized carbons (Fsp3) is 0.214. The number of nitrogens with zero attached hydrogens (tertiary/aromatic N) is 1. The lowest BCUT2D eigenvalue weighted by Gasteiger charge is -2.09. The maximum atomic E-state index is 11.9. The molecule has 1 aromatic carbocycles. The quantitative estimate of drug-likeness (QED) is 0.776. The Hall–Kier alpha value is -2.23. The predicted octanol–water partition coefficient (Wildman–Crippen LogP) is 2.39. The van der Waals surface area contributed by atoms with Crippen LogP contribution in [-0.2, 0) is 4.74 Å². The Kier molecular flexibility index (Phi) is 3.67. The highest BCUT2D eigenvalue weighted by atomic mass is 16.6. The van der Waals surface area contributed by atoms with Gasteiger partial charge in [-0.05, 0) is 13.0 Å². The Bertz CT molecular complexity index is 531. The first kappa shape index (κ1) is 12.2. The highest BCUT2D eigenvalue weighted by Crippen LogP contribution is 2.24. The van der Waals surface area contributed by atoms with Gasteiger partial charge >= 0.3 is 5.97 Å². The largest absolute Gasteiger partial charge is 0.462 e. The third kappa shape index (κ3) is 2.22. The van der Waals surface area contributed by atoms with Gasteiger partial charge in [0, 0.05) is 11.8 Å². The molecule has 0 unspecified atom stereocenters. The van der Waals surface area contributed by atoms with E-state index in [0.29, 0.717) is 17.9 Å². The predicted molar refractivity (Wildman–Crippen MR) is 68.3 cm³/mol. The van der Waals surface area contributed by atoms with Gasteiger partial charge in [0.25, 0.3) is 0 Å². The van der Waals surface area contributed by atoms with E-state index in [0.717, 1.165) is 5.56 Å². The van der Waals surface area contributed by atoms with Crippen LogP contribution in [0.1, 0.15) is 17.3 Å². The van der Waals surface area contributed by atoms with Gasteiger partial charge in [0.15, 0.2) is 0 Å². The molecule has 0 saturated carbocycles. The van der Waals surface area contributed by atoms with Crippen LogP contribution in [0.15, 0.2) is 42.6 Å². The van der Waals surface area contributed by atoms with Crippen molar-refractivity contribution in [2.75, 3.05) is 13.7 Å². The molecule has 0 N–H and O–H groups in total. The lowest BCUT2D eigenvalue weighted by Crippen LogP contribution is -2.10. The molecule has 2 rings (SSSR count). The second-order valence-electron chi connectivity index (χ2n) is 3.67. The maximum Gasteiger partial charge on any atom is 0.340 e. The average Bonchev–Trinajstić information content (AvgIpc) is 2.83. The Morgan fingerprint density at radius 2 is 1.94 bits per heavy atom. The third-order valence-electron chi connectivity index (χ3n) is 2.59. The Morgan fingerprint density at radius 3 is 2.56 bits per heavy atom. The summed E-state index contributed by atoms with van der Waals surface area (Å²) in [5.41, 5.74) is 2.12. The van der Waals surface area contributed by atoms with Crippen LogP contribution in [0, 0.1) is 0 Å². The third-order valence-corrected chi connectivity index (χ3v) is 2.59. The van der Waals surface area contributed by atoms with Gasteiger partial charge in [0.2, 0.25) is 0 Å². The summed E-state index contributed by atoms with van der Waals surface area (Å²) < 4.78 is 6.60. The van der Waals surface area contributed by atoms with Gasteiger partial charge in [0.1, 0.15) is 12.8 Å². The molecule has 0 radical (unpaired) electrons. The lowest BCUT2D eigenvalue weighted by atomic mass is 10.1. The molecule has 4 heteroatoms. The van der Waals surface area contributed by atoms with Crippen LogP contribution in [0.25, 0.3) is 11.3 Å². The molecule has 94 valence electrons. The van der Waals surface area contributed by atoms with Gasteiger partial charge in [-0.1, -0.05) is 30.3 Å². The second kappa shape index (κ2) is 5.40. The number of hydrogen-bond donors (Lipinski definition) is 0. The van der Waals surface area contributed by atoms with E-state index in [9.17, 15) is 4.79 Å². The number of rotatable bonds is 4. The minimum atomic E-state index is -0.341. The minimum Gasteiger partial charge on any atom is -0.462 e. The molecule has 1 aromatic heterocycles. The summed E-state index contributed by atoms with van der Waals surface area (Å²) in [6, 6.07) is 11.3. The van der Waals surface area contributed by atoms with Gasteiger partial charge in [-0.2, -0.15) is 4.73 Å². The van der Waals surface area contributed by atoms with E-state index in [4.69, 9.17) is 9.57 Å². The number of esters is 1. The molecule has 0 atom stereocenters. The molecule has 0 bridgehead atoms. The normalized spacial score (nSPS) is 10.1. The standard InChI is InChI=1S/C14H15NO3/c1-3-18-14(16)12-9-10-15(17-2)13(12)11-7-5-4-6-8-11/h4-10H,3H2,1-2H3. The minimum absolute atomic E-state index is 0.341. The summed E-state index contributed by atoms with van der Waals surface area (Å²) in [4.78, 5) is 17.1. The highest BCUT2D eigenvalue weighted by molar-refractivity contribution is 5.96. The van der Waals surface area contributed by atoms with Crippen molar-refractivity contribution in [3.8, 4) is 11.3 Å². The van der Waals surface area contributed by atoms with Gasteiger partial charge in [0.05, 0.1) is 12.2 Å². The van der Waals surface area contributed by atoms with Gasteiger partial charge in [-0.25, -0.2) is 4.79 Å². The summed E-state index contributed by atoms with van der Waals surface area (Å²) in [5.74, 6) is -0.341. The number of benzene rings is 1. The Labute approximate surface area is 106 Å². The molecule has 0 amide bonds. The van der Waals surface area contributed by atoms with Crippen molar-refractivity contribution < 1.29 is 14.4 Å². The Balaban J connectivity index is 2.50. The topological polar surface area (TPSA) is 40.5 Å². The molecule has 0 saturated heterocycles. The number of ether oxygens (including phenoxy) is 1. The monoisotopic (exact) mass is 245 g/mol. The van der Waals surface area contributed by atoms with E-state index in [-0.39, 0.29) is 5.97 Å². The summed E-state index contributed by atoms with van der Waals surface area (Å²) in [5, 5.41) is 0. The van der Waals surface area contributed by atoms with Crippen LogP contribution in [-0.4, -0.2) is 24.4 Å². The molecule has 4 nitrogen and oxygen atoms in total. The molecule has 0 spiro atoms. The van der Waals surface area contributed by atoms with Crippen LogP contribution in [0.4, 0.5) is 0 Å². The van der Waals surface area contributed by atoms with Crippen molar-refractivity contribution in [2.24, 2.45) is 0 Å². The van der Waals surface area contributed by atoms with Crippen LogP contribution in [0.5, 0.6) is 0 Å². The van der Waals surface area contributed by atoms with E-state index < -0.39 is 0 Å². The smallest absolute Gasteiger partial charge is 0.340 e. The van der Waals surface area contributed by atoms with E-state index in [1.165, 1.54) is 0 Å². The van der Waals surface area contributed by atoms with E-state index >= 15 is 0 Å². The maximum absolute atomic E-state index is 11.9. The van der Waals surface area contributed by atoms with E-state index in [1.54, 1.807) is 31.0 Å². The van der Waals surface area contributed by atoms with Crippen LogP contribution in [0.2, 0.25) is 0 Å². The zero-order valence-electron chi connectivity index (χ0n) is 10.4. The highest BCUT2D eigenvalue weighted by Gasteiger charge is 2.18. The van der Waals surface area contributed by atoms with Crippen molar-refractivity contribution >= 4 is 5.97 Å². The van der Waals surface area contributed by atoms with Crippen molar-refractivity contribution in [2.45, 2.75) is 6.92 Å². The first-order valence-corrected chi connectivity index (χ1v) is 5.76. The van der Waals surface area contributed by atoms with Crippen molar-refractivity contribution in [1.82, 2.24) is 4.73 Å². The summed E-state index contributed by atoms with van der Waals surface area (Å²) in [7, 11) is 1.56. The fourth-order valence-electron chi connectivity index (χ4n) is 1.82. The van der Waals surface area contributed by atoms with Crippen LogP contribution < -0.4 is 4.84 Å². The zero-order valence-corrected chi connectivity index (χ0v) is 10.4. The van der Waals surface area contributed by atoms with Crippen LogP contribution in [0.3, 0.4) is 0 Å². The molecule has 0 aliphatic heterocycles. The molecule has 18 heavy (non-hydrogen) atoms. The van der Waals surface area contributed by atoms with Gasteiger partial charge in [-0.3, -0.25) is 0 Å². The van der Waals surface area contributed by atoms with Crippen molar-refractivity contribution in [3.63, 3.8) is 0 Å². The van der Waals surface area contributed by atoms with E-state index in [1.807, 2.05) is 30.3 Å². The fourth-order valence-corrected chi connectivity index (χ4v) is 1.82. The molecule has 1 heterocycles. The molecular formula is C14H15NO3. The zero-order chi connectivity index (χ0) is 13.0. The first-order chi connectivity index (χ1) is 8.77. The number of carbonyl (C=O) groups is 1. The van der Waals surface area contributed by atoms with Gasteiger partial charge in [-0.15, -0.1) is 0 Å². The van der Waals surface area contributed by atoms with Crippen molar-refractivity contribution in [3.05, 3.63) is 48.2 Å². The average molecular weight is 245 g/mol. The van der Waals surface area contributed by atoms with Crippen molar-refractivity contribution in [1.29, 1.82) is 0 Å². The van der Waals surface area contributed by atoms with Crippen LogP contribution >= 0.6 is 0 Å². The van der Waals surface area contributed by atoms with Gasteiger partial charge < -0.3 is 9.57 Å². The number of hydrogen-bond acceptors (Lipinski definition) is 3.